The lowest BCUT2D eigenvalue weighted by molar-refractivity contribution is 0.532. The highest BCUT2D eigenvalue weighted by Crippen LogP contribution is 1.99. The van der Waals surface area contributed by atoms with Gasteiger partial charge in [-0.2, -0.15) is 0 Å². The maximum atomic E-state index is 9.36. The van der Waals surface area contributed by atoms with Crippen molar-refractivity contribution in [1.29, 1.82) is 0 Å². The molecule has 0 aromatic heterocycles. The Labute approximate surface area is 64.1 Å². The first kappa shape index (κ1) is 10.1. The molecule has 5 N–H and O–H groups in total. The van der Waals surface area contributed by atoms with Crippen LogP contribution in [-0.4, -0.2) is 25.5 Å². The predicted octanol–water partition coefficient (Wildman–Crippen LogP) is -0.674. The highest BCUT2D eigenvalue weighted by atomic mass is 28.3. The molecule has 3 nitrogen and oxygen atoms in total. The molecule has 3 atom stereocenters. The van der Waals surface area contributed by atoms with Crippen molar-refractivity contribution >= 4 is 9.04 Å². The third-order valence-electron chi connectivity index (χ3n) is 1.68. The molecule has 0 amide bonds. The third-order valence-corrected chi connectivity index (χ3v) is 3.98. The van der Waals surface area contributed by atoms with Crippen molar-refractivity contribution in [3.05, 3.63) is 0 Å². The van der Waals surface area contributed by atoms with Gasteiger partial charge >= 0.3 is 0 Å². The van der Waals surface area contributed by atoms with Crippen molar-refractivity contribution in [2.24, 2.45) is 11.5 Å². The summed E-state index contributed by atoms with van der Waals surface area (Å²) in [6.07, 6.45) is 0.927. The largest absolute Gasteiger partial charge is 0.433 e. The lowest BCUT2D eigenvalue weighted by Gasteiger charge is -2.15. The van der Waals surface area contributed by atoms with Crippen molar-refractivity contribution in [2.75, 3.05) is 0 Å². The fourth-order valence-corrected chi connectivity index (χ4v) is 2.07. The average molecular weight is 162 g/mol. The molecule has 0 saturated carbocycles. The second-order valence-electron chi connectivity index (χ2n) is 2.83. The van der Waals surface area contributed by atoms with E-state index in [4.69, 9.17) is 11.5 Å². The lowest BCUT2D eigenvalue weighted by atomic mass is 10.3. The Hall–Kier alpha value is 0.0969. The monoisotopic (exact) mass is 162 g/mol. The number of nitrogens with two attached hydrogens (primary N) is 2. The normalized spacial score (nSPS) is 20.1. The summed E-state index contributed by atoms with van der Waals surface area (Å²) >= 11 is 0. The molecule has 0 heterocycles. The van der Waals surface area contributed by atoms with Crippen LogP contribution in [0.3, 0.4) is 0 Å². The first-order chi connectivity index (χ1) is 4.57. The second kappa shape index (κ2) is 4.84. The third kappa shape index (κ3) is 4.00. The Morgan fingerprint density at radius 1 is 1.50 bits per heavy atom. The van der Waals surface area contributed by atoms with E-state index >= 15 is 0 Å². The fraction of sp³-hybridized carbons (Fsp3) is 1.00. The summed E-state index contributed by atoms with van der Waals surface area (Å²) in [7, 11) is -1.70. The standard InChI is InChI=1S/C6H18N2OSi/c1-3-6(8)4-10(9)5(2)7/h5-6,9-10H,3-4,7-8H2,1-2H3. The van der Waals surface area contributed by atoms with E-state index in [1.807, 2.05) is 13.8 Å². The van der Waals surface area contributed by atoms with Crippen molar-refractivity contribution in [1.82, 2.24) is 0 Å². The molecule has 0 fully saturated rings. The van der Waals surface area contributed by atoms with E-state index < -0.39 is 9.04 Å². The van der Waals surface area contributed by atoms with Crippen LogP contribution in [0.5, 0.6) is 0 Å². The first-order valence-electron chi connectivity index (χ1n) is 3.77. The topological polar surface area (TPSA) is 72.3 Å². The van der Waals surface area contributed by atoms with Crippen LogP contribution in [-0.2, 0) is 0 Å². The van der Waals surface area contributed by atoms with Gasteiger partial charge in [-0.15, -0.1) is 0 Å². The number of hydrogen-bond donors (Lipinski definition) is 3. The molecule has 0 aromatic rings. The molecule has 0 saturated heterocycles. The van der Waals surface area contributed by atoms with Crippen LogP contribution in [0.1, 0.15) is 20.3 Å². The van der Waals surface area contributed by atoms with Gasteiger partial charge in [0.15, 0.2) is 9.04 Å². The van der Waals surface area contributed by atoms with Gasteiger partial charge in [-0.1, -0.05) is 13.8 Å². The first-order valence-corrected chi connectivity index (χ1v) is 5.77. The molecule has 0 aliphatic rings. The van der Waals surface area contributed by atoms with E-state index in [1.165, 1.54) is 0 Å². The molecule has 3 unspecified atom stereocenters. The highest BCUT2D eigenvalue weighted by Gasteiger charge is 2.15. The summed E-state index contributed by atoms with van der Waals surface area (Å²) in [5.41, 5.74) is 11.1. The molecule has 0 aliphatic carbocycles. The molecule has 0 aromatic carbocycles. The predicted molar refractivity (Wildman–Crippen MR) is 46.1 cm³/mol. The van der Waals surface area contributed by atoms with Crippen LogP contribution < -0.4 is 11.5 Å². The van der Waals surface area contributed by atoms with Gasteiger partial charge in [0.2, 0.25) is 0 Å². The molecule has 10 heavy (non-hydrogen) atoms. The molecule has 0 aliphatic heterocycles. The summed E-state index contributed by atoms with van der Waals surface area (Å²) in [6.45, 7) is 3.87. The van der Waals surface area contributed by atoms with E-state index in [2.05, 4.69) is 0 Å². The molecule has 4 heteroatoms. The smallest absolute Gasteiger partial charge is 0.190 e. The maximum absolute atomic E-state index is 9.36. The van der Waals surface area contributed by atoms with Gasteiger partial charge in [-0.25, -0.2) is 0 Å². The molecule has 62 valence electrons. The van der Waals surface area contributed by atoms with E-state index in [0.717, 1.165) is 12.5 Å². The molecular weight excluding hydrogens is 144 g/mol. The van der Waals surface area contributed by atoms with E-state index in [0.29, 0.717) is 0 Å². The van der Waals surface area contributed by atoms with Crippen LogP contribution in [0, 0.1) is 0 Å². The quantitative estimate of drug-likeness (QED) is 0.480. The van der Waals surface area contributed by atoms with Crippen LogP contribution in [0.15, 0.2) is 0 Å². The maximum Gasteiger partial charge on any atom is 0.190 e. The Morgan fingerprint density at radius 2 is 2.00 bits per heavy atom. The van der Waals surface area contributed by atoms with Crippen molar-refractivity contribution in [2.45, 2.75) is 38.0 Å². The van der Waals surface area contributed by atoms with E-state index in [9.17, 15) is 4.80 Å². The van der Waals surface area contributed by atoms with Gasteiger partial charge < -0.3 is 16.3 Å². The van der Waals surface area contributed by atoms with Crippen molar-refractivity contribution in [3.8, 4) is 0 Å². The Balaban J connectivity index is 3.46. The number of rotatable bonds is 4. The molecule has 0 spiro atoms. The molecule has 0 radical (unpaired) electrons. The Bertz CT molecular complexity index is 89.8. The number of hydrogen-bond acceptors (Lipinski definition) is 3. The second-order valence-corrected chi connectivity index (χ2v) is 5.49. The van der Waals surface area contributed by atoms with E-state index in [1.54, 1.807) is 0 Å². The summed E-state index contributed by atoms with van der Waals surface area (Å²) in [6, 6.07) is 0.890. The van der Waals surface area contributed by atoms with Crippen molar-refractivity contribution < 1.29 is 4.80 Å². The fourth-order valence-electron chi connectivity index (χ4n) is 0.692. The van der Waals surface area contributed by atoms with Gasteiger partial charge in [0.25, 0.3) is 0 Å². The average Bonchev–Trinajstić information content (AvgIpc) is 1.87. The minimum absolute atomic E-state index is 0.0300. The van der Waals surface area contributed by atoms with Gasteiger partial charge in [0.1, 0.15) is 0 Å². The van der Waals surface area contributed by atoms with Gasteiger partial charge in [-0.05, 0) is 12.5 Å². The van der Waals surface area contributed by atoms with Gasteiger partial charge in [-0.3, -0.25) is 0 Å². The SMILES string of the molecule is CCC(N)C[SiH](O)C(C)N. The lowest BCUT2D eigenvalue weighted by Crippen LogP contribution is -2.40. The van der Waals surface area contributed by atoms with Crippen LogP contribution in [0.2, 0.25) is 6.04 Å². The van der Waals surface area contributed by atoms with Crippen molar-refractivity contribution in [3.63, 3.8) is 0 Å². The zero-order chi connectivity index (χ0) is 8.15. The molecular formula is C6H18N2OSi. The minimum atomic E-state index is -1.70. The molecule has 0 bridgehead atoms. The highest BCUT2D eigenvalue weighted by molar-refractivity contribution is 6.52. The van der Waals surface area contributed by atoms with Crippen LogP contribution in [0.25, 0.3) is 0 Å². The van der Waals surface area contributed by atoms with Gasteiger partial charge in [0, 0.05) is 11.7 Å². The minimum Gasteiger partial charge on any atom is -0.433 e. The summed E-state index contributed by atoms with van der Waals surface area (Å²) in [5, 5.41) is 0. The van der Waals surface area contributed by atoms with E-state index in [-0.39, 0.29) is 11.7 Å². The molecule has 0 rings (SSSR count). The zero-order valence-corrected chi connectivity index (χ0v) is 7.90. The van der Waals surface area contributed by atoms with Crippen LogP contribution >= 0.6 is 0 Å². The van der Waals surface area contributed by atoms with Crippen LogP contribution in [0.4, 0.5) is 0 Å². The van der Waals surface area contributed by atoms with Gasteiger partial charge in [0.05, 0.1) is 0 Å². The summed E-state index contributed by atoms with van der Waals surface area (Å²) < 4.78 is 0. The summed E-state index contributed by atoms with van der Waals surface area (Å²) in [5.74, 6) is 0. The summed E-state index contributed by atoms with van der Waals surface area (Å²) in [4.78, 5) is 9.36. The zero-order valence-electron chi connectivity index (χ0n) is 6.75. The Kier molecular flexibility index (Phi) is 4.89. The Morgan fingerprint density at radius 3 is 2.30 bits per heavy atom.